The van der Waals surface area contributed by atoms with Crippen LogP contribution in [-0.2, 0) is 26.2 Å². The third-order valence-electron chi connectivity index (χ3n) is 8.09. The minimum atomic E-state index is -1.06. The molecular weight excluding hydrogens is 464 g/mol. The standard InChI is InChI=1S/C30H40N4O3/c1-29(2,31)28(37)33-25(15-9-12-21-10-5-4-6-11-21)27(36)34-18-16-30(17-19-34)20-23(26(35)32-3)22-13-7-8-14-24(22)30/h4-8,10-11,13-14,23,25H,9,12,15-20,31H2,1-3H3,(H,32,35)(H,33,37)/t23-,25+/m0/s1. The van der Waals surface area contributed by atoms with Gasteiger partial charge in [-0.05, 0) is 69.1 Å². The Labute approximate surface area is 220 Å². The number of carbonyl (C=O) groups excluding carboxylic acids is 3. The zero-order valence-electron chi connectivity index (χ0n) is 22.3. The van der Waals surface area contributed by atoms with Gasteiger partial charge in [0, 0.05) is 25.6 Å². The Kier molecular flexibility index (Phi) is 8.02. The molecule has 0 radical (unpaired) electrons. The molecule has 198 valence electrons. The molecular formula is C30H40N4O3. The van der Waals surface area contributed by atoms with E-state index in [0.717, 1.165) is 37.7 Å². The van der Waals surface area contributed by atoms with Gasteiger partial charge in [0.05, 0.1) is 11.5 Å². The minimum Gasteiger partial charge on any atom is -0.359 e. The first-order valence-corrected chi connectivity index (χ1v) is 13.4. The van der Waals surface area contributed by atoms with Crippen LogP contribution in [0.25, 0.3) is 0 Å². The van der Waals surface area contributed by atoms with Gasteiger partial charge in [-0.2, -0.15) is 0 Å². The molecule has 3 amide bonds. The molecule has 2 atom stereocenters. The fraction of sp³-hybridized carbons (Fsp3) is 0.500. The number of benzene rings is 2. The lowest BCUT2D eigenvalue weighted by Crippen LogP contribution is -2.57. The van der Waals surface area contributed by atoms with E-state index in [0.29, 0.717) is 19.5 Å². The van der Waals surface area contributed by atoms with Crippen LogP contribution in [0.15, 0.2) is 54.6 Å². The average molecular weight is 505 g/mol. The molecule has 1 aliphatic heterocycles. The molecule has 1 aliphatic carbocycles. The lowest BCUT2D eigenvalue weighted by Gasteiger charge is -2.41. The zero-order valence-corrected chi connectivity index (χ0v) is 22.3. The number of nitrogens with one attached hydrogen (secondary N) is 2. The monoisotopic (exact) mass is 504 g/mol. The van der Waals surface area contributed by atoms with Crippen molar-refractivity contribution in [2.75, 3.05) is 20.1 Å². The van der Waals surface area contributed by atoms with Gasteiger partial charge < -0.3 is 21.3 Å². The number of hydrogen-bond acceptors (Lipinski definition) is 4. The molecule has 2 aromatic rings. The van der Waals surface area contributed by atoms with Crippen molar-refractivity contribution >= 4 is 17.7 Å². The number of nitrogens with two attached hydrogens (primary N) is 1. The molecule has 7 heteroatoms. The summed E-state index contributed by atoms with van der Waals surface area (Å²) in [6.45, 7) is 4.51. The van der Waals surface area contributed by atoms with Gasteiger partial charge in [-0.1, -0.05) is 54.6 Å². The largest absolute Gasteiger partial charge is 0.359 e. The molecule has 1 saturated heterocycles. The molecule has 1 heterocycles. The maximum Gasteiger partial charge on any atom is 0.245 e. The fourth-order valence-electron chi connectivity index (χ4n) is 5.91. The van der Waals surface area contributed by atoms with Gasteiger partial charge in [0.15, 0.2) is 0 Å². The molecule has 4 rings (SSSR count). The second kappa shape index (κ2) is 11.1. The van der Waals surface area contributed by atoms with E-state index in [1.165, 1.54) is 11.1 Å². The molecule has 0 bridgehead atoms. The molecule has 0 unspecified atom stereocenters. The first-order valence-electron chi connectivity index (χ1n) is 13.4. The molecule has 2 aliphatic rings. The summed E-state index contributed by atoms with van der Waals surface area (Å²) in [4.78, 5) is 40.9. The summed E-state index contributed by atoms with van der Waals surface area (Å²) in [5.41, 5.74) is 8.43. The molecule has 7 nitrogen and oxygen atoms in total. The van der Waals surface area contributed by atoms with Gasteiger partial charge in [-0.15, -0.1) is 0 Å². The van der Waals surface area contributed by atoms with Crippen LogP contribution in [0.1, 0.15) is 68.6 Å². The Morgan fingerprint density at radius 1 is 1.05 bits per heavy atom. The number of nitrogens with zero attached hydrogens (tertiary/aromatic N) is 1. The van der Waals surface area contributed by atoms with E-state index in [2.05, 4.69) is 34.9 Å². The van der Waals surface area contributed by atoms with E-state index in [1.807, 2.05) is 35.2 Å². The Morgan fingerprint density at radius 3 is 2.35 bits per heavy atom. The van der Waals surface area contributed by atoms with Crippen LogP contribution in [0, 0.1) is 0 Å². The fourth-order valence-corrected chi connectivity index (χ4v) is 5.91. The second-order valence-electron chi connectivity index (χ2n) is 11.2. The number of hydrogen-bond donors (Lipinski definition) is 3. The summed E-state index contributed by atoms with van der Waals surface area (Å²) in [6.07, 6.45) is 4.55. The van der Waals surface area contributed by atoms with E-state index >= 15 is 0 Å². The Morgan fingerprint density at radius 2 is 1.70 bits per heavy atom. The highest BCUT2D eigenvalue weighted by Crippen LogP contribution is 2.51. The van der Waals surface area contributed by atoms with Gasteiger partial charge in [-0.25, -0.2) is 0 Å². The van der Waals surface area contributed by atoms with Gasteiger partial charge in [0.25, 0.3) is 0 Å². The first-order chi connectivity index (χ1) is 17.6. The zero-order chi connectivity index (χ0) is 26.6. The highest BCUT2D eigenvalue weighted by molar-refractivity contribution is 5.91. The Hall–Kier alpha value is -3.19. The van der Waals surface area contributed by atoms with Crippen molar-refractivity contribution in [2.45, 2.75) is 75.3 Å². The summed E-state index contributed by atoms with van der Waals surface area (Å²) in [7, 11) is 1.69. The van der Waals surface area contributed by atoms with Crippen LogP contribution in [-0.4, -0.2) is 54.3 Å². The van der Waals surface area contributed by atoms with Crippen molar-refractivity contribution in [3.8, 4) is 0 Å². The Balaban J connectivity index is 1.45. The molecule has 4 N–H and O–H groups in total. The summed E-state index contributed by atoms with van der Waals surface area (Å²) in [5, 5.41) is 5.76. The van der Waals surface area contributed by atoms with Crippen LogP contribution in [0.2, 0.25) is 0 Å². The van der Waals surface area contributed by atoms with E-state index in [9.17, 15) is 14.4 Å². The van der Waals surface area contributed by atoms with Crippen molar-refractivity contribution in [1.29, 1.82) is 0 Å². The smallest absolute Gasteiger partial charge is 0.245 e. The molecule has 1 fully saturated rings. The number of piperidine rings is 1. The van der Waals surface area contributed by atoms with Crippen LogP contribution < -0.4 is 16.4 Å². The SMILES string of the molecule is CNC(=O)[C@H]1CC2(CCN(C(=O)[C@@H](CCCc3ccccc3)NC(=O)C(C)(C)N)CC2)c2ccccc21. The van der Waals surface area contributed by atoms with Gasteiger partial charge in [-0.3, -0.25) is 14.4 Å². The number of rotatable bonds is 8. The van der Waals surface area contributed by atoms with Crippen LogP contribution in [0.4, 0.5) is 0 Å². The normalized spacial score (nSPS) is 19.2. The van der Waals surface area contributed by atoms with E-state index in [4.69, 9.17) is 5.73 Å². The number of carbonyl (C=O) groups is 3. The summed E-state index contributed by atoms with van der Waals surface area (Å²) >= 11 is 0. The first kappa shape index (κ1) is 26.9. The quantitative estimate of drug-likeness (QED) is 0.514. The lowest BCUT2D eigenvalue weighted by atomic mass is 9.73. The van der Waals surface area contributed by atoms with E-state index in [-0.39, 0.29) is 29.1 Å². The third-order valence-corrected chi connectivity index (χ3v) is 8.09. The Bertz CT molecular complexity index is 1120. The predicted octanol–water partition coefficient (Wildman–Crippen LogP) is 3.03. The van der Waals surface area contributed by atoms with Crippen molar-refractivity contribution in [1.82, 2.24) is 15.5 Å². The lowest BCUT2D eigenvalue weighted by molar-refractivity contribution is -0.139. The highest BCUT2D eigenvalue weighted by Gasteiger charge is 2.48. The topological polar surface area (TPSA) is 105 Å². The average Bonchev–Trinajstić information content (AvgIpc) is 3.21. The van der Waals surface area contributed by atoms with Gasteiger partial charge in [0.2, 0.25) is 17.7 Å². The van der Waals surface area contributed by atoms with Crippen LogP contribution >= 0.6 is 0 Å². The number of likely N-dealkylation sites (tertiary alicyclic amines) is 1. The minimum absolute atomic E-state index is 0.0466. The van der Waals surface area contributed by atoms with Crippen molar-refractivity contribution < 1.29 is 14.4 Å². The van der Waals surface area contributed by atoms with Crippen molar-refractivity contribution in [3.63, 3.8) is 0 Å². The van der Waals surface area contributed by atoms with E-state index in [1.54, 1.807) is 20.9 Å². The molecule has 2 aromatic carbocycles. The maximum atomic E-state index is 13.7. The van der Waals surface area contributed by atoms with Crippen molar-refractivity contribution in [3.05, 3.63) is 71.3 Å². The van der Waals surface area contributed by atoms with E-state index < -0.39 is 11.6 Å². The number of aryl methyl sites for hydroxylation is 1. The summed E-state index contributed by atoms with van der Waals surface area (Å²) in [6, 6.07) is 17.8. The van der Waals surface area contributed by atoms with Crippen LogP contribution in [0.3, 0.4) is 0 Å². The number of likely N-dealkylation sites (N-methyl/N-ethyl adjacent to an activating group) is 1. The number of amides is 3. The maximum absolute atomic E-state index is 13.7. The summed E-state index contributed by atoms with van der Waals surface area (Å²) < 4.78 is 0. The van der Waals surface area contributed by atoms with Gasteiger partial charge in [0.1, 0.15) is 6.04 Å². The van der Waals surface area contributed by atoms with Crippen molar-refractivity contribution in [2.24, 2.45) is 5.73 Å². The predicted molar refractivity (Wildman–Crippen MR) is 145 cm³/mol. The molecule has 1 spiro atoms. The van der Waals surface area contributed by atoms with Crippen LogP contribution in [0.5, 0.6) is 0 Å². The molecule has 0 saturated carbocycles. The number of fused-ring (bicyclic) bond motifs is 2. The summed E-state index contributed by atoms with van der Waals surface area (Å²) in [5.74, 6) is -0.472. The molecule has 37 heavy (non-hydrogen) atoms. The van der Waals surface area contributed by atoms with Gasteiger partial charge >= 0.3 is 0 Å². The molecule has 0 aromatic heterocycles. The second-order valence-corrected chi connectivity index (χ2v) is 11.2. The highest BCUT2D eigenvalue weighted by atomic mass is 16.2. The third kappa shape index (κ3) is 5.87.